The van der Waals surface area contributed by atoms with Gasteiger partial charge in [0.1, 0.15) is 0 Å². The first kappa shape index (κ1) is 18.2. The SMILES string of the molecule is Cc1cc(C)c(SC(C)C(=O)Nc2cc(Cl)ccc2Cl)c(C)c1. The van der Waals surface area contributed by atoms with Gasteiger partial charge in [-0.05, 0) is 57.0 Å². The molecule has 0 aliphatic heterocycles. The van der Waals surface area contributed by atoms with E-state index in [2.05, 4.69) is 38.2 Å². The molecule has 2 aromatic carbocycles. The van der Waals surface area contributed by atoms with Gasteiger partial charge in [-0.1, -0.05) is 40.9 Å². The van der Waals surface area contributed by atoms with E-state index < -0.39 is 0 Å². The molecule has 0 spiro atoms. The van der Waals surface area contributed by atoms with Crippen LogP contribution in [-0.4, -0.2) is 11.2 Å². The maximum absolute atomic E-state index is 12.4. The molecule has 1 N–H and O–H groups in total. The summed E-state index contributed by atoms with van der Waals surface area (Å²) >= 11 is 13.6. The summed E-state index contributed by atoms with van der Waals surface area (Å²) < 4.78 is 0. The average Bonchev–Trinajstić information content (AvgIpc) is 2.46. The van der Waals surface area contributed by atoms with Gasteiger partial charge >= 0.3 is 0 Å². The first-order valence-corrected chi connectivity index (χ1v) is 8.92. The van der Waals surface area contributed by atoms with E-state index in [4.69, 9.17) is 23.2 Å². The second-order valence-corrected chi connectivity index (χ2v) is 7.80. The predicted molar refractivity (Wildman–Crippen MR) is 101 cm³/mol. The summed E-state index contributed by atoms with van der Waals surface area (Å²) in [6, 6.07) is 9.28. The minimum Gasteiger partial charge on any atom is -0.324 e. The molecule has 0 aliphatic carbocycles. The minimum absolute atomic E-state index is 0.0986. The molecule has 2 aromatic rings. The van der Waals surface area contributed by atoms with Crippen molar-refractivity contribution in [3.8, 4) is 0 Å². The predicted octanol–water partition coefficient (Wildman–Crippen LogP) is 6.04. The van der Waals surface area contributed by atoms with E-state index in [1.165, 1.54) is 16.7 Å². The molecule has 1 atom stereocenters. The molecule has 23 heavy (non-hydrogen) atoms. The number of benzene rings is 2. The molecule has 2 rings (SSSR count). The number of thioether (sulfide) groups is 1. The number of halogens is 2. The number of nitrogens with one attached hydrogen (secondary N) is 1. The van der Waals surface area contributed by atoms with Gasteiger partial charge in [0, 0.05) is 9.92 Å². The van der Waals surface area contributed by atoms with E-state index >= 15 is 0 Å². The number of rotatable bonds is 4. The molecular formula is C18H19Cl2NOS. The van der Waals surface area contributed by atoms with Gasteiger partial charge in [0.25, 0.3) is 0 Å². The van der Waals surface area contributed by atoms with Gasteiger partial charge in [-0.2, -0.15) is 0 Å². The number of hydrogen-bond donors (Lipinski definition) is 1. The van der Waals surface area contributed by atoms with Gasteiger partial charge in [0.2, 0.25) is 5.91 Å². The maximum atomic E-state index is 12.4. The molecular weight excluding hydrogens is 349 g/mol. The van der Waals surface area contributed by atoms with Gasteiger partial charge in [-0.25, -0.2) is 0 Å². The Balaban J connectivity index is 2.13. The van der Waals surface area contributed by atoms with Crippen LogP contribution in [0.25, 0.3) is 0 Å². The van der Waals surface area contributed by atoms with Crippen LogP contribution >= 0.6 is 35.0 Å². The zero-order valence-electron chi connectivity index (χ0n) is 13.5. The quantitative estimate of drug-likeness (QED) is 0.667. The van der Waals surface area contributed by atoms with Gasteiger partial charge in [-0.3, -0.25) is 4.79 Å². The second kappa shape index (κ2) is 7.61. The molecule has 2 nitrogen and oxygen atoms in total. The third-order valence-electron chi connectivity index (χ3n) is 3.45. The Morgan fingerprint density at radius 2 is 1.70 bits per heavy atom. The highest BCUT2D eigenvalue weighted by Crippen LogP contribution is 2.32. The molecule has 1 unspecified atom stereocenters. The Labute approximate surface area is 151 Å². The zero-order valence-corrected chi connectivity index (χ0v) is 15.9. The average molecular weight is 368 g/mol. The zero-order chi connectivity index (χ0) is 17.1. The van der Waals surface area contributed by atoms with Crippen molar-refractivity contribution in [2.75, 3.05) is 5.32 Å². The number of anilines is 1. The van der Waals surface area contributed by atoms with Crippen molar-refractivity contribution in [2.45, 2.75) is 37.8 Å². The highest BCUT2D eigenvalue weighted by molar-refractivity contribution is 8.00. The van der Waals surface area contributed by atoms with Crippen molar-refractivity contribution < 1.29 is 4.79 Å². The number of carbonyl (C=O) groups excluding carboxylic acids is 1. The largest absolute Gasteiger partial charge is 0.324 e. The fraction of sp³-hybridized carbons (Fsp3) is 0.278. The molecule has 0 fully saturated rings. The summed E-state index contributed by atoms with van der Waals surface area (Å²) in [5.74, 6) is -0.0986. The lowest BCUT2D eigenvalue weighted by Crippen LogP contribution is -2.22. The summed E-state index contributed by atoms with van der Waals surface area (Å²) in [6.07, 6.45) is 0. The fourth-order valence-electron chi connectivity index (χ4n) is 2.41. The van der Waals surface area contributed by atoms with Crippen molar-refractivity contribution in [2.24, 2.45) is 0 Å². The Morgan fingerprint density at radius 1 is 1.09 bits per heavy atom. The number of amides is 1. The first-order chi connectivity index (χ1) is 10.8. The molecule has 0 aliphatic rings. The molecule has 122 valence electrons. The number of hydrogen-bond acceptors (Lipinski definition) is 2. The molecule has 1 amide bonds. The van der Waals surface area contributed by atoms with Crippen LogP contribution in [0.15, 0.2) is 35.2 Å². The van der Waals surface area contributed by atoms with Crippen LogP contribution in [0.5, 0.6) is 0 Å². The standard InChI is InChI=1S/C18H19Cl2NOS/c1-10-7-11(2)17(12(3)8-10)23-13(4)18(22)21-16-9-14(19)5-6-15(16)20/h5-9,13H,1-4H3,(H,21,22). The second-order valence-electron chi connectivity index (χ2n) is 5.60. The monoisotopic (exact) mass is 367 g/mol. The topological polar surface area (TPSA) is 29.1 Å². The van der Waals surface area contributed by atoms with E-state index in [0.717, 1.165) is 4.90 Å². The van der Waals surface area contributed by atoms with E-state index in [9.17, 15) is 4.79 Å². The highest BCUT2D eigenvalue weighted by Gasteiger charge is 2.18. The summed E-state index contributed by atoms with van der Waals surface area (Å²) in [7, 11) is 0. The van der Waals surface area contributed by atoms with Crippen LogP contribution in [0.2, 0.25) is 10.0 Å². The lowest BCUT2D eigenvalue weighted by Gasteiger charge is -2.16. The number of carbonyl (C=O) groups is 1. The van der Waals surface area contributed by atoms with Crippen LogP contribution in [0.4, 0.5) is 5.69 Å². The van der Waals surface area contributed by atoms with Crippen molar-refractivity contribution in [3.63, 3.8) is 0 Å². The molecule has 0 saturated heterocycles. The summed E-state index contributed by atoms with van der Waals surface area (Å²) in [4.78, 5) is 13.6. The normalized spacial score (nSPS) is 12.1. The van der Waals surface area contributed by atoms with Gasteiger partial charge < -0.3 is 5.32 Å². The van der Waals surface area contributed by atoms with Crippen molar-refractivity contribution in [1.29, 1.82) is 0 Å². The van der Waals surface area contributed by atoms with Crippen LogP contribution in [0.3, 0.4) is 0 Å². The summed E-state index contributed by atoms with van der Waals surface area (Å²) in [5, 5.41) is 3.61. The molecule has 5 heteroatoms. The highest BCUT2D eigenvalue weighted by atomic mass is 35.5. The van der Waals surface area contributed by atoms with Crippen LogP contribution < -0.4 is 5.32 Å². The Morgan fingerprint density at radius 3 is 2.30 bits per heavy atom. The van der Waals surface area contributed by atoms with Gasteiger partial charge in [0.15, 0.2) is 0 Å². The molecule has 0 bridgehead atoms. The summed E-state index contributed by atoms with van der Waals surface area (Å²) in [5.41, 5.74) is 4.14. The smallest absolute Gasteiger partial charge is 0.237 e. The van der Waals surface area contributed by atoms with E-state index in [1.807, 2.05) is 6.92 Å². The van der Waals surface area contributed by atoms with Crippen LogP contribution in [0, 0.1) is 20.8 Å². The maximum Gasteiger partial charge on any atom is 0.237 e. The van der Waals surface area contributed by atoms with Crippen molar-refractivity contribution >= 4 is 46.6 Å². The van der Waals surface area contributed by atoms with E-state index in [1.54, 1.807) is 30.0 Å². The third kappa shape index (κ3) is 4.66. The van der Waals surface area contributed by atoms with Gasteiger partial charge in [0.05, 0.1) is 16.0 Å². The van der Waals surface area contributed by atoms with Crippen LogP contribution in [0.1, 0.15) is 23.6 Å². The minimum atomic E-state index is -0.245. The molecule has 0 radical (unpaired) electrons. The van der Waals surface area contributed by atoms with Crippen LogP contribution in [-0.2, 0) is 4.79 Å². The van der Waals surface area contributed by atoms with Gasteiger partial charge in [-0.15, -0.1) is 11.8 Å². The Hall–Kier alpha value is -1.16. The fourth-order valence-corrected chi connectivity index (χ4v) is 3.76. The molecule has 0 saturated carbocycles. The lowest BCUT2D eigenvalue weighted by atomic mass is 10.1. The molecule has 0 heterocycles. The van der Waals surface area contributed by atoms with Crippen molar-refractivity contribution in [1.82, 2.24) is 0 Å². The van der Waals surface area contributed by atoms with Crippen molar-refractivity contribution in [3.05, 3.63) is 57.1 Å². The summed E-state index contributed by atoms with van der Waals surface area (Å²) in [6.45, 7) is 8.10. The molecule has 0 aromatic heterocycles. The lowest BCUT2D eigenvalue weighted by molar-refractivity contribution is -0.115. The number of aryl methyl sites for hydroxylation is 3. The van der Waals surface area contributed by atoms with E-state index in [0.29, 0.717) is 15.7 Å². The Bertz CT molecular complexity index is 723. The Kier molecular flexibility index (Phi) is 6.01. The van der Waals surface area contributed by atoms with E-state index in [-0.39, 0.29) is 11.2 Å². The first-order valence-electron chi connectivity index (χ1n) is 7.28. The third-order valence-corrected chi connectivity index (χ3v) is 5.47.